The summed E-state index contributed by atoms with van der Waals surface area (Å²) in [5.41, 5.74) is 6.42. The van der Waals surface area contributed by atoms with Crippen molar-refractivity contribution in [2.24, 2.45) is 5.73 Å². The lowest BCUT2D eigenvalue weighted by Crippen LogP contribution is -2.41. The van der Waals surface area contributed by atoms with Crippen LogP contribution in [0.3, 0.4) is 0 Å². The summed E-state index contributed by atoms with van der Waals surface area (Å²) in [7, 11) is 0. The number of thioether (sulfide) groups is 2. The van der Waals surface area contributed by atoms with Crippen LogP contribution in [0.2, 0.25) is 0 Å². The highest BCUT2D eigenvalue weighted by Crippen LogP contribution is 2.35. The van der Waals surface area contributed by atoms with Crippen LogP contribution in [0.1, 0.15) is 65.2 Å². The first-order valence-electron chi connectivity index (χ1n) is 7.78. The highest BCUT2D eigenvalue weighted by Gasteiger charge is 2.29. The molecule has 0 amide bonds. The second-order valence-electron chi connectivity index (χ2n) is 5.37. The first kappa shape index (κ1) is 16.7. The minimum Gasteiger partial charge on any atom is -0.327 e. The van der Waals surface area contributed by atoms with Gasteiger partial charge in [0.15, 0.2) is 0 Å². The Balaban J connectivity index is 2.12. The number of rotatable bonds is 9. The van der Waals surface area contributed by atoms with Crippen molar-refractivity contribution < 1.29 is 0 Å². The number of unbranched alkanes of at least 4 members (excludes halogenated alkanes) is 5. The highest BCUT2D eigenvalue weighted by atomic mass is 32.2. The van der Waals surface area contributed by atoms with Crippen molar-refractivity contribution >= 4 is 23.5 Å². The summed E-state index contributed by atoms with van der Waals surface area (Å²) in [5, 5.41) is 1.52. The van der Waals surface area contributed by atoms with E-state index in [1.165, 1.54) is 62.9 Å². The van der Waals surface area contributed by atoms with E-state index in [0.29, 0.717) is 11.3 Å². The second kappa shape index (κ2) is 10.4. The Morgan fingerprint density at radius 1 is 1.00 bits per heavy atom. The van der Waals surface area contributed by atoms with Gasteiger partial charge in [-0.3, -0.25) is 0 Å². The molecule has 0 aromatic rings. The summed E-state index contributed by atoms with van der Waals surface area (Å²) in [6.45, 7) is 4.59. The van der Waals surface area contributed by atoms with Gasteiger partial charge in [-0.05, 0) is 12.8 Å². The Morgan fingerprint density at radius 2 is 1.67 bits per heavy atom. The van der Waals surface area contributed by atoms with Crippen molar-refractivity contribution in [3.63, 3.8) is 0 Å². The van der Waals surface area contributed by atoms with E-state index in [9.17, 15) is 0 Å². The van der Waals surface area contributed by atoms with Crippen LogP contribution in [-0.4, -0.2) is 28.0 Å². The van der Waals surface area contributed by atoms with E-state index < -0.39 is 0 Å². The highest BCUT2D eigenvalue weighted by molar-refractivity contribution is 8.07. The Labute approximate surface area is 122 Å². The van der Waals surface area contributed by atoms with Crippen LogP contribution >= 0.6 is 23.5 Å². The van der Waals surface area contributed by atoms with Crippen LogP contribution in [0.25, 0.3) is 0 Å². The third-order valence-electron chi connectivity index (χ3n) is 3.81. The van der Waals surface area contributed by atoms with Gasteiger partial charge < -0.3 is 5.73 Å². The molecule has 18 heavy (non-hydrogen) atoms. The zero-order valence-electron chi connectivity index (χ0n) is 12.2. The van der Waals surface area contributed by atoms with Gasteiger partial charge in [-0.2, -0.15) is 23.5 Å². The largest absolute Gasteiger partial charge is 0.327 e. The second-order valence-corrected chi connectivity index (χ2v) is 8.01. The average Bonchev–Trinajstić information content (AvgIpc) is 2.42. The van der Waals surface area contributed by atoms with Crippen molar-refractivity contribution in [3.8, 4) is 0 Å². The number of hydrogen-bond acceptors (Lipinski definition) is 3. The molecule has 1 saturated heterocycles. The fourth-order valence-electron chi connectivity index (χ4n) is 2.66. The van der Waals surface area contributed by atoms with Gasteiger partial charge in [0.2, 0.25) is 0 Å². The van der Waals surface area contributed by atoms with E-state index in [1.54, 1.807) is 0 Å². The maximum Gasteiger partial charge on any atom is 0.0317 e. The summed E-state index contributed by atoms with van der Waals surface area (Å²) in [4.78, 5) is 0. The normalized spacial score (nSPS) is 26.2. The Bertz CT molecular complexity index is 199. The molecule has 1 fully saturated rings. The van der Waals surface area contributed by atoms with Crippen LogP contribution in [0.5, 0.6) is 0 Å². The Kier molecular flexibility index (Phi) is 9.70. The average molecular weight is 290 g/mol. The molecule has 1 heterocycles. The van der Waals surface area contributed by atoms with Crippen molar-refractivity contribution in [2.75, 3.05) is 11.5 Å². The summed E-state index contributed by atoms with van der Waals surface area (Å²) in [6, 6.07) is 0.430. The molecule has 0 aromatic heterocycles. The van der Waals surface area contributed by atoms with Gasteiger partial charge in [-0.15, -0.1) is 0 Å². The molecule has 108 valence electrons. The topological polar surface area (TPSA) is 26.0 Å². The van der Waals surface area contributed by atoms with Gasteiger partial charge in [0.1, 0.15) is 0 Å². The van der Waals surface area contributed by atoms with Gasteiger partial charge in [-0.25, -0.2) is 0 Å². The summed E-state index contributed by atoms with van der Waals surface area (Å²) in [6.07, 6.45) is 10.8. The summed E-state index contributed by atoms with van der Waals surface area (Å²) < 4.78 is 0. The van der Waals surface area contributed by atoms with Crippen molar-refractivity contribution in [1.29, 1.82) is 0 Å². The molecule has 0 aliphatic carbocycles. The molecule has 3 heteroatoms. The molecule has 1 nitrogen and oxygen atoms in total. The molecule has 3 atom stereocenters. The predicted molar refractivity (Wildman–Crippen MR) is 88.8 cm³/mol. The van der Waals surface area contributed by atoms with Crippen molar-refractivity contribution in [2.45, 2.75) is 81.8 Å². The lowest BCUT2D eigenvalue weighted by molar-refractivity contribution is 0.511. The number of nitrogens with two attached hydrogens (primary N) is 1. The Hall–Kier alpha value is 0.660. The van der Waals surface area contributed by atoms with E-state index in [0.717, 1.165) is 5.25 Å². The molecule has 0 bridgehead atoms. The first-order valence-corrected chi connectivity index (χ1v) is 9.88. The van der Waals surface area contributed by atoms with E-state index in [-0.39, 0.29) is 0 Å². The molecule has 1 rings (SSSR count). The van der Waals surface area contributed by atoms with E-state index in [1.807, 2.05) is 0 Å². The van der Waals surface area contributed by atoms with Crippen LogP contribution in [0, 0.1) is 0 Å². The van der Waals surface area contributed by atoms with Gasteiger partial charge in [0.25, 0.3) is 0 Å². The minimum absolute atomic E-state index is 0.430. The zero-order valence-corrected chi connectivity index (χ0v) is 13.8. The van der Waals surface area contributed by atoms with Crippen molar-refractivity contribution in [1.82, 2.24) is 0 Å². The monoisotopic (exact) mass is 289 g/mol. The minimum atomic E-state index is 0.430. The van der Waals surface area contributed by atoms with E-state index in [4.69, 9.17) is 5.73 Å². The maximum absolute atomic E-state index is 6.42. The van der Waals surface area contributed by atoms with Crippen LogP contribution in [0.15, 0.2) is 0 Å². The van der Waals surface area contributed by atoms with Crippen LogP contribution in [0.4, 0.5) is 0 Å². The Morgan fingerprint density at radius 3 is 2.39 bits per heavy atom. The molecule has 2 N–H and O–H groups in total. The fraction of sp³-hybridized carbons (Fsp3) is 1.00. The molecule has 1 aliphatic heterocycles. The lowest BCUT2D eigenvalue weighted by Gasteiger charge is -2.34. The maximum atomic E-state index is 6.42. The van der Waals surface area contributed by atoms with E-state index >= 15 is 0 Å². The van der Waals surface area contributed by atoms with E-state index in [2.05, 4.69) is 37.4 Å². The summed E-state index contributed by atoms with van der Waals surface area (Å²) in [5.74, 6) is 2.62. The van der Waals surface area contributed by atoms with Gasteiger partial charge in [0.05, 0.1) is 0 Å². The molecule has 0 radical (unpaired) electrons. The molecule has 3 unspecified atom stereocenters. The van der Waals surface area contributed by atoms with Crippen LogP contribution < -0.4 is 5.73 Å². The zero-order chi connectivity index (χ0) is 13.2. The molecule has 0 spiro atoms. The standard InChI is InChI=1S/C15H31NS2/c1-3-5-6-7-8-9-10-13(16)15-14(4-2)17-11-12-18-15/h13-15H,3-12,16H2,1-2H3. The SMILES string of the molecule is CCCCCCCCC(N)C1SCCSC1CC. The smallest absolute Gasteiger partial charge is 0.0317 e. The first-order chi connectivity index (χ1) is 8.79. The van der Waals surface area contributed by atoms with Gasteiger partial charge in [-0.1, -0.05) is 52.4 Å². The number of hydrogen-bond donors (Lipinski definition) is 1. The third kappa shape index (κ3) is 6.21. The molecule has 0 saturated carbocycles. The third-order valence-corrected chi connectivity index (χ3v) is 7.24. The van der Waals surface area contributed by atoms with Crippen LogP contribution in [-0.2, 0) is 0 Å². The predicted octanol–water partition coefficient (Wildman–Crippen LogP) is 4.69. The van der Waals surface area contributed by atoms with Gasteiger partial charge >= 0.3 is 0 Å². The molecular formula is C15H31NS2. The molecule has 1 aliphatic rings. The van der Waals surface area contributed by atoms with Crippen molar-refractivity contribution in [3.05, 3.63) is 0 Å². The summed E-state index contributed by atoms with van der Waals surface area (Å²) >= 11 is 4.28. The quantitative estimate of drug-likeness (QED) is 0.624. The van der Waals surface area contributed by atoms with Gasteiger partial charge in [0, 0.05) is 28.0 Å². The molecule has 0 aromatic carbocycles. The fourth-order valence-corrected chi connectivity index (χ4v) is 5.89. The lowest BCUT2D eigenvalue weighted by atomic mass is 10.0. The molecular weight excluding hydrogens is 258 g/mol.